The minimum Gasteiger partial charge on any atom is -0.0627 e. The van der Waals surface area contributed by atoms with Crippen molar-refractivity contribution < 1.29 is 0 Å². The van der Waals surface area contributed by atoms with Crippen LogP contribution in [-0.2, 0) is 18.3 Å². The molecule has 0 aliphatic rings. The molecule has 0 saturated heterocycles. The van der Waals surface area contributed by atoms with Crippen LogP contribution in [0.2, 0.25) is 0 Å². The maximum Gasteiger partial charge on any atom is -0.0101 e. The Morgan fingerprint density at radius 3 is 2.06 bits per heavy atom. The SMILES string of the molecule is CCc1ccc(C(C)(C)CC(C)C)cc1CC. The first-order valence-corrected chi connectivity index (χ1v) is 7.03. The van der Waals surface area contributed by atoms with Crippen LogP contribution < -0.4 is 0 Å². The highest BCUT2D eigenvalue weighted by Gasteiger charge is 2.22. The summed E-state index contributed by atoms with van der Waals surface area (Å²) in [5.41, 5.74) is 4.84. The van der Waals surface area contributed by atoms with Gasteiger partial charge in [-0.05, 0) is 47.3 Å². The van der Waals surface area contributed by atoms with Crippen molar-refractivity contribution in [2.75, 3.05) is 0 Å². The highest BCUT2D eigenvalue weighted by molar-refractivity contribution is 5.35. The summed E-state index contributed by atoms with van der Waals surface area (Å²) in [5, 5.41) is 0. The van der Waals surface area contributed by atoms with Gasteiger partial charge in [0, 0.05) is 0 Å². The van der Waals surface area contributed by atoms with Crippen molar-refractivity contribution >= 4 is 0 Å². The van der Waals surface area contributed by atoms with E-state index < -0.39 is 0 Å². The Bertz CT molecular complexity index is 358. The maximum atomic E-state index is 2.43. The minimum atomic E-state index is 0.296. The van der Waals surface area contributed by atoms with Crippen molar-refractivity contribution in [1.82, 2.24) is 0 Å². The average Bonchev–Trinajstić information content (AvgIpc) is 2.26. The van der Waals surface area contributed by atoms with E-state index in [9.17, 15) is 0 Å². The van der Waals surface area contributed by atoms with Crippen LogP contribution in [0.4, 0.5) is 0 Å². The second kappa shape index (κ2) is 5.71. The van der Waals surface area contributed by atoms with E-state index in [2.05, 4.69) is 59.7 Å². The summed E-state index contributed by atoms with van der Waals surface area (Å²) in [6, 6.07) is 7.10. The molecule has 17 heavy (non-hydrogen) atoms. The van der Waals surface area contributed by atoms with Gasteiger partial charge in [-0.1, -0.05) is 59.7 Å². The van der Waals surface area contributed by atoms with Gasteiger partial charge in [-0.3, -0.25) is 0 Å². The van der Waals surface area contributed by atoms with E-state index in [0.29, 0.717) is 5.41 Å². The molecule has 0 saturated carbocycles. The van der Waals surface area contributed by atoms with Gasteiger partial charge in [-0.2, -0.15) is 0 Å². The Hall–Kier alpha value is -0.780. The number of rotatable bonds is 5. The summed E-state index contributed by atoms with van der Waals surface area (Å²) in [4.78, 5) is 0. The Labute approximate surface area is 107 Å². The quantitative estimate of drug-likeness (QED) is 0.660. The van der Waals surface area contributed by atoms with Gasteiger partial charge in [0.2, 0.25) is 0 Å². The Morgan fingerprint density at radius 1 is 1.00 bits per heavy atom. The van der Waals surface area contributed by atoms with E-state index in [0.717, 1.165) is 18.8 Å². The lowest BCUT2D eigenvalue weighted by Gasteiger charge is -2.28. The maximum absolute atomic E-state index is 2.43. The zero-order chi connectivity index (χ0) is 13.1. The third kappa shape index (κ3) is 3.59. The molecule has 0 nitrogen and oxygen atoms in total. The molecule has 1 aromatic carbocycles. The highest BCUT2D eigenvalue weighted by atomic mass is 14.3. The van der Waals surface area contributed by atoms with Crippen LogP contribution in [0.1, 0.15) is 64.7 Å². The van der Waals surface area contributed by atoms with Crippen molar-refractivity contribution in [1.29, 1.82) is 0 Å². The lowest BCUT2D eigenvalue weighted by Crippen LogP contribution is -2.20. The Kier molecular flexibility index (Phi) is 4.80. The van der Waals surface area contributed by atoms with Crippen molar-refractivity contribution in [3.05, 3.63) is 34.9 Å². The molecule has 0 atom stereocenters. The van der Waals surface area contributed by atoms with Gasteiger partial charge in [0.05, 0.1) is 0 Å². The second-order valence-corrected chi connectivity index (χ2v) is 6.17. The van der Waals surface area contributed by atoms with E-state index >= 15 is 0 Å². The molecule has 96 valence electrons. The molecule has 0 aliphatic carbocycles. The molecule has 1 aromatic rings. The van der Waals surface area contributed by atoms with E-state index in [4.69, 9.17) is 0 Å². The van der Waals surface area contributed by atoms with Gasteiger partial charge in [0.1, 0.15) is 0 Å². The normalized spacial score (nSPS) is 12.2. The first kappa shape index (κ1) is 14.3. The fourth-order valence-corrected chi connectivity index (χ4v) is 2.86. The first-order chi connectivity index (χ1) is 7.90. The van der Waals surface area contributed by atoms with Gasteiger partial charge in [0.15, 0.2) is 0 Å². The van der Waals surface area contributed by atoms with Crippen LogP contribution in [0, 0.1) is 5.92 Å². The van der Waals surface area contributed by atoms with Crippen LogP contribution in [0.15, 0.2) is 18.2 Å². The zero-order valence-corrected chi connectivity index (χ0v) is 12.4. The molecule has 0 amide bonds. The number of hydrogen-bond donors (Lipinski definition) is 0. The monoisotopic (exact) mass is 232 g/mol. The van der Waals surface area contributed by atoms with E-state index in [1.165, 1.54) is 23.1 Å². The molecule has 0 spiro atoms. The molecule has 0 bridgehead atoms. The molecule has 0 heterocycles. The lowest BCUT2D eigenvalue weighted by molar-refractivity contribution is 0.399. The predicted octanol–water partition coefficient (Wildman–Crippen LogP) is 5.14. The molecule has 0 aliphatic heterocycles. The van der Waals surface area contributed by atoms with Crippen molar-refractivity contribution in [3.63, 3.8) is 0 Å². The van der Waals surface area contributed by atoms with Gasteiger partial charge in [0.25, 0.3) is 0 Å². The summed E-state index contributed by atoms with van der Waals surface area (Å²) >= 11 is 0. The van der Waals surface area contributed by atoms with Crippen molar-refractivity contribution in [2.24, 2.45) is 5.92 Å². The fourth-order valence-electron chi connectivity index (χ4n) is 2.86. The summed E-state index contributed by atoms with van der Waals surface area (Å²) < 4.78 is 0. The lowest BCUT2D eigenvalue weighted by atomic mass is 9.77. The van der Waals surface area contributed by atoms with Crippen LogP contribution in [-0.4, -0.2) is 0 Å². The van der Waals surface area contributed by atoms with E-state index in [1.807, 2.05) is 0 Å². The van der Waals surface area contributed by atoms with Gasteiger partial charge >= 0.3 is 0 Å². The van der Waals surface area contributed by atoms with Crippen molar-refractivity contribution in [2.45, 2.75) is 66.2 Å². The molecule has 0 radical (unpaired) electrons. The smallest absolute Gasteiger partial charge is 0.0101 e. The summed E-state index contributed by atoms with van der Waals surface area (Å²) in [7, 11) is 0. The second-order valence-electron chi connectivity index (χ2n) is 6.17. The van der Waals surface area contributed by atoms with Crippen LogP contribution >= 0.6 is 0 Å². The first-order valence-electron chi connectivity index (χ1n) is 7.03. The molecular weight excluding hydrogens is 204 g/mol. The van der Waals surface area contributed by atoms with E-state index in [1.54, 1.807) is 0 Å². The molecule has 0 N–H and O–H groups in total. The average molecular weight is 232 g/mol. The van der Waals surface area contributed by atoms with Crippen LogP contribution in [0.25, 0.3) is 0 Å². The van der Waals surface area contributed by atoms with Crippen LogP contribution in [0.5, 0.6) is 0 Å². The van der Waals surface area contributed by atoms with Gasteiger partial charge in [-0.15, -0.1) is 0 Å². The largest absolute Gasteiger partial charge is 0.0627 e. The number of benzene rings is 1. The van der Waals surface area contributed by atoms with Gasteiger partial charge < -0.3 is 0 Å². The van der Waals surface area contributed by atoms with Gasteiger partial charge in [-0.25, -0.2) is 0 Å². The molecule has 0 aromatic heterocycles. The molecule has 0 unspecified atom stereocenters. The third-order valence-electron chi connectivity index (χ3n) is 3.67. The standard InChI is InChI=1S/C17H28/c1-7-14-9-10-16(11-15(14)8-2)17(5,6)12-13(3)4/h9-11,13H,7-8,12H2,1-6H3. The summed E-state index contributed by atoms with van der Waals surface area (Å²) in [6.07, 6.45) is 3.55. The number of aryl methyl sites for hydroxylation is 2. The summed E-state index contributed by atoms with van der Waals surface area (Å²) in [5.74, 6) is 0.751. The summed E-state index contributed by atoms with van der Waals surface area (Å²) in [6.45, 7) is 13.9. The highest BCUT2D eigenvalue weighted by Crippen LogP contribution is 2.31. The molecule has 0 heteroatoms. The molecule has 1 rings (SSSR count). The number of hydrogen-bond acceptors (Lipinski definition) is 0. The zero-order valence-electron chi connectivity index (χ0n) is 12.4. The Morgan fingerprint density at radius 2 is 1.59 bits per heavy atom. The third-order valence-corrected chi connectivity index (χ3v) is 3.67. The minimum absolute atomic E-state index is 0.296. The van der Waals surface area contributed by atoms with Crippen LogP contribution in [0.3, 0.4) is 0 Å². The van der Waals surface area contributed by atoms with E-state index in [-0.39, 0.29) is 0 Å². The molecule has 0 fully saturated rings. The molecular formula is C17H28. The van der Waals surface area contributed by atoms with Crippen molar-refractivity contribution in [3.8, 4) is 0 Å². The topological polar surface area (TPSA) is 0 Å². The Balaban J connectivity index is 3.06. The predicted molar refractivity (Wildman–Crippen MR) is 77.7 cm³/mol. The fraction of sp³-hybridized carbons (Fsp3) is 0.647.